The Bertz CT molecular complexity index is 702. The molecular formula is C15H17N3O2. The van der Waals surface area contributed by atoms with Gasteiger partial charge in [-0.1, -0.05) is 36.7 Å². The second kappa shape index (κ2) is 5.46. The number of fused-ring (bicyclic) bond motifs is 1. The molecule has 2 N–H and O–H groups in total. The number of nitrogens with zero attached hydrogens (tertiary/aromatic N) is 2. The molecule has 1 unspecified atom stereocenters. The first kappa shape index (κ1) is 12.9. The van der Waals surface area contributed by atoms with Gasteiger partial charge in [-0.2, -0.15) is 4.98 Å². The summed E-state index contributed by atoms with van der Waals surface area (Å²) in [6.45, 7) is 2.63. The summed E-state index contributed by atoms with van der Waals surface area (Å²) in [6, 6.07) is 7.79. The van der Waals surface area contributed by atoms with E-state index >= 15 is 0 Å². The Morgan fingerprint density at radius 2 is 2.15 bits per heavy atom. The van der Waals surface area contributed by atoms with E-state index in [0.717, 1.165) is 29.4 Å². The van der Waals surface area contributed by atoms with Crippen molar-refractivity contribution in [1.29, 1.82) is 0 Å². The van der Waals surface area contributed by atoms with Gasteiger partial charge in [0.05, 0.1) is 11.5 Å². The summed E-state index contributed by atoms with van der Waals surface area (Å²) in [6.07, 6.45) is 3.65. The van der Waals surface area contributed by atoms with Crippen molar-refractivity contribution in [2.45, 2.75) is 25.7 Å². The van der Waals surface area contributed by atoms with Gasteiger partial charge in [0.25, 0.3) is 0 Å². The largest absolute Gasteiger partial charge is 0.464 e. The van der Waals surface area contributed by atoms with Crippen LogP contribution in [0.3, 0.4) is 0 Å². The highest BCUT2D eigenvalue weighted by molar-refractivity contribution is 5.91. The fourth-order valence-electron chi connectivity index (χ4n) is 2.35. The fraction of sp³-hybridized carbons (Fsp3) is 0.333. The quantitative estimate of drug-likeness (QED) is 0.770. The van der Waals surface area contributed by atoms with E-state index in [4.69, 9.17) is 14.7 Å². The summed E-state index contributed by atoms with van der Waals surface area (Å²) < 4.78 is 10.9. The summed E-state index contributed by atoms with van der Waals surface area (Å²) in [5.41, 5.74) is 7.43. The van der Waals surface area contributed by atoms with Crippen molar-refractivity contribution in [2.75, 3.05) is 6.54 Å². The summed E-state index contributed by atoms with van der Waals surface area (Å²) in [5, 5.41) is 5.04. The summed E-state index contributed by atoms with van der Waals surface area (Å²) in [5.74, 6) is 1.29. The van der Waals surface area contributed by atoms with E-state index in [1.165, 1.54) is 0 Å². The van der Waals surface area contributed by atoms with Crippen LogP contribution in [-0.2, 0) is 0 Å². The van der Waals surface area contributed by atoms with Crippen molar-refractivity contribution in [3.63, 3.8) is 0 Å². The topological polar surface area (TPSA) is 78.1 Å². The van der Waals surface area contributed by atoms with Gasteiger partial charge in [-0.3, -0.25) is 0 Å². The molecule has 1 aromatic carbocycles. The molecule has 0 aliphatic heterocycles. The maximum Gasteiger partial charge on any atom is 0.231 e. The zero-order valence-electron chi connectivity index (χ0n) is 11.4. The van der Waals surface area contributed by atoms with Gasteiger partial charge in [0.15, 0.2) is 0 Å². The third-order valence-corrected chi connectivity index (χ3v) is 3.43. The Labute approximate surface area is 116 Å². The molecule has 0 fully saturated rings. The lowest BCUT2D eigenvalue weighted by Crippen LogP contribution is -2.12. The molecule has 5 nitrogen and oxygen atoms in total. The highest BCUT2D eigenvalue weighted by Crippen LogP contribution is 2.29. The van der Waals surface area contributed by atoms with Gasteiger partial charge in [0, 0.05) is 11.9 Å². The molecule has 0 saturated carbocycles. The smallest absolute Gasteiger partial charge is 0.231 e. The number of hydrogen-bond donors (Lipinski definition) is 1. The summed E-state index contributed by atoms with van der Waals surface area (Å²) in [7, 11) is 0. The van der Waals surface area contributed by atoms with Crippen LogP contribution in [-0.4, -0.2) is 16.7 Å². The molecular weight excluding hydrogens is 254 g/mol. The molecule has 0 radical (unpaired) electrons. The highest BCUT2D eigenvalue weighted by atomic mass is 16.5. The molecule has 0 aliphatic carbocycles. The first-order valence-electron chi connectivity index (χ1n) is 6.83. The number of furan rings is 1. The molecule has 0 saturated heterocycles. The molecule has 2 heterocycles. The predicted octanol–water partition coefficient (Wildman–Crippen LogP) is 3.33. The molecule has 1 atom stereocenters. The van der Waals surface area contributed by atoms with Crippen LogP contribution in [0.2, 0.25) is 0 Å². The fourth-order valence-corrected chi connectivity index (χ4v) is 2.35. The van der Waals surface area contributed by atoms with Gasteiger partial charge in [0.2, 0.25) is 11.7 Å². The number of benzene rings is 1. The van der Waals surface area contributed by atoms with Crippen molar-refractivity contribution >= 4 is 11.0 Å². The molecule has 0 bridgehead atoms. The van der Waals surface area contributed by atoms with Crippen molar-refractivity contribution in [2.24, 2.45) is 5.73 Å². The number of para-hydroxylation sites is 1. The van der Waals surface area contributed by atoms with E-state index in [0.29, 0.717) is 18.3 Å². The van der Waals surface area contributed by atoms with Crippen molar-refractivity contribution in [3.05, 3.63) is 36.4 Å². The maximum atomic E-state index is 5.76. The molecule has 0 amide bonds. The van der Waals surface area contributed by atoms with Crippen LogP contribution in [0.5, 0.6) is 0 Å². The number of aromatic nitrogens is 2. The van der Waals surface area contributed by atoms with Gasteiger partial charge in [-0.25, -0.2) is 0 Å². The SMILES string of the molecule is CCCC(CN)c1nc(-c2coc3ccccc23)no1. The summed E-state index contributed by atoms with van der Waals surface area (Å²) in [4.78, 5) is 4.47. The first-order valence-corrected chi connectivity index (χ1v) is 6.83. The Morgan fingerprint density at radius 1 is 1.30 bits per heavy atom. The van der Waals surface area contributed by atoms with Crippen LogP contribution in [0, 0.1) is 0 Å². The molecule has 0 spiro atoms. The lowest BCUT2D eigenvalue weighted by molar-refractivity contribution is 0.347. The molecule has 2 aromatic heterocycles. The highest BCUT2D eigenvalue weighted by Gasteiger charge is 2.19. The third-order valence-electron chi connectivity index (χ3n) is 3.43. The Morgan fingerprint density at radius 3 is 2.95 bits per heavy atom. The molecule has 104 valence electrons. The van der Waals surface area contributed by atoms with Gasteiger partial charge in [-0.05, 0) is 12.5 Å². The number of rotatable bonds is 5. The van der Waals surface area contributed by atoms with E-state index in [-0.39, 0.29) is 5.92 Å². The molecule has 3 aromatic rings. The first-order chi connectivity index (χ1) is 9.83. The number of nitrogens with two attached hydrogens (primary N) is 1. The van der Waals surface area contributed by atoms with Gasteiger partial charge >= 0.3 is 0 Å². The average Bonchev–Trinajstić information content (AvgIpc) is 3.11. The van der Waals surface area contributed by atoms with E-state index in [2.05, 4.69) is 17.1 Å². The van der Waals surface area contributed by atoms with Crippen LogP contribution >= 0.6 is 0 Å². The van der Waals surface area contributed by atoms with E-state index in [1.807, 2.05) is 24.3 Å². The Balaban J connectivity index is 1.97. The van der Waals surface area contributed by atoms with Gasteiger partial charge < -0.3 is 14.7 Å². The normalized spacial score (nSPS) is 12.9. The van der Waals surface area contributed by atoms with E-state index in [1.54, 1.807) is 6.26 Å². The van der Waals surface area contributed by atoms with Crippen LogP contribution in [0.25, 0.3) is 22.4 Å². The molecule has 5 heteroatoms. The predicted molar refractivity (Wildman–Crippen MR) is 76.2 cm³/mol. The third kappa shape index (κ3) is 2.20. The maximum absolute atomic E-state index is 5.76. The zero-order chi connectivity index (χ0) is 13.9. The molecule has 20 heavy (non-hydrogen) atoms. The second-order valence-corrected chi connectivity index (χ2v) is 4.82. The minimum Gasteiger partial charge on any atom is -0.464 e. The Hall–Kier alpha value is -2.14. The minimum absolute atomic E-state index is 0.124. The monoisotopic (exact) mass is 271 g/mol. The molecule has 3 rings (SSSR count). The lowest BCUT2D eigenvalue weighted by Gasteiger charge is -2.06. The standard InChI is InChI=1S/C15H17N3O2/c1-2-5-10(8-16)15-17-14(18-20-15)12-9-19-13-7-4-3-6-11(12)13/h3-4,6-7,9-10H,2,5,8,16H2,1H3. The van der Waals surface area contributed by atoms with Crippen molar-refractivity contribution in [3.8, 4) is 11.4 Å². The van der Waals surface area contributed by atoms with Crippen LogP contribution in [0.1, 0.15) is 31.6 Å². The zero-order valence-corrected chi connectivity index (χ0v) is 11.4. The average molecular weight is 271 g/mol. The van der Waals surface area contributed by atoms with Crippen LogP contribution in [0.15, 0.2) is 39.5 Å². The second-order valence-electron chi connectivity index (χ2n) is 4.82. The Kier molecular flexibility index (Phi) is 3.52. The van der Waals surface area contributed by atoms with Crippen molar-refractivity contribution in [1.82, 2.24) is 10.1 Å². The van der Waals surface area contributed by atoms with E-state index in [9.17, 15) is 0 Å². The summed E-state index contributed by atoms with van der Waals surface area (Å²) >= 11 is 0. The van der Waals surface area contributed by atoms with Crippen molar-refractivity contribution < 1.29 is 8.94 Å². The van der Waals surface area contributed by atoms with Crippen LogP contribution < -0.4 is 5.73 Å². The lowest BCUT2D eigenvalue weighted by atomic mass is 10.0. The van der Waals surface area contributed by atoms with Gasteiger partial charge in [-0.15, -0.1) is 0 Å². The van der Waals surface area contributed by atoms with Gasteiger partial charge in [0.1, 0.15) is 11.8 Å². The van der Waals surface area contributed by atoms with Crippen LogP contribution in [0.4, 0.5) is 0 Å². The number of hydrogen-bond acceptors (Lipinski definition) is 5. The molecule has 0 aliphatic rings. The minimum atomic E-state index is 0.124. The van der Waals surface area contributed by atoms with E-state index < -0.39 is 0 Å².